The normalized spacial score (nSPS) is 16.8. The van der Waals surface area contributed by atoms with Gasteiger partial charge in [0.25, 0.3) is 10.1 Å². The van der Waals surface area contributed by atoms with Crippen LogP contribution in [0.15, 0.2) is 47.4 Å². The van der Waals surface area contributed by atoms with Gasteiger partial charge in [0.2, 0.25) is 0 Å². The van der Waals surface area contributed by atoms with E-state index in [-0.39, 0.29) is 11.5 Å². The van der Waals surface area contributed by atoms with Crippen LogP contribution in [0.5, 0.6) is 0 Å². The van der Waals surface area contributed by atoms with Gasteiger partial charge in [-0.1, -0.05) is 31.2 Å². The summed E-state index contributed by atoms with van der Waals surface area (Å²) in [6.07, 6.45) is 0.000911. The van der Waals surface area contributed by atoms with Crippen molar-refractivity contribution in [3.63, 3.8) is 0 Å². The summed E-state index contributed by atoms with van der Waals surface area (Å²) in [4.78, 5) is 12.1. The lowest BCUT2D eigenvalue weighted by Gasteiger charge is -2.15. The van der Waals surface area contributed by atoms with Crippen LogP contribution in [0.25, 0.3) is 0 Å². The summed E-state index contributed by atoms with van der Waals surface area (Å²) >= 11 is 0. The molecular formula is C18H18O5S. The highest BCUT2D eigenvalue weighted by Crippen LogP contribution is 2.37. The zero-order valence-electron chi connectivity index (χ0n) is 13.5. The highest BCUT2D eigenvalue weighted by molar-refractivity contribution is 7.86. The zero-order valence-corrected chi connectivity index (χ0v) is 14.3. The second-order valence-corrected chi connectivity index (χ2v) is 7.28. The Morgan fingerprint density at radius 3 is 2.62 bits per heavy atom. The zero-order chi connectivity index (χ0) is 17.3. The van der Waals surface area contributed by atoms with Gasteiger partial charge in [0.1, 0.15) is 0 Å². The molecule has 3 rings (SSSR count). The Morgan fingerprint density at radius 1 is 1.12 bits per heavy atom. The fourth-order valence-electron chi connectivity index (χ4n) is 2.69. The predicted octanol–water partition coefficient (Wildman–Crippen LogP) is 3.37. The van der Waals surface area contributed by atoms with Gasteiger partial charge in [0.05, 0.1) is 17.1 Å². The molecule has 1 unspecified atom stereocenters. The van der Waals surface area contributed by atoms with E-state index in [9.17, 15) is 13.2 Å². The Labute approximate surface area is 141 Å². The van der Waals surface area contributed by atoms with Crippen molar-refractivity contribution in [3.8, 4) is 0 Å². The summed E-state index contributed by atoms with van der Waals surface area (Å²) in [5.74, 6) is -0.398. The van der Waals surface area contributed by atoms with Crippen LogP contribution in [-0.4, -0.2) is 21.0 Å². The molecule has 0 aromatic heterocycles. The van der Waals surface area contributed by atoms with Crippen molar-refractivity contribution in [2.24, 2.45) is 0 Å². The average molecular weight is 346 g/mol. The van der Waals surface area contributed by atoms with Crippen LogP contribution in [0, 0.1) is 6.92 Å². The maximum absolute atomic E-state index is 12.2. The number of cyclic esters (lactones) is 1. The molecule has 2 aromatic rings. The molecule has 1 aliphatic rings. The van der Waals surface area contributed by atoms with E-state index in [1.54, 1.807) is 18.2 Å². The smallest absolute Gasteiger partial charge is 0.339 e. The van der Waals surface area contributed by atoms with Crippen molar-refractivity contribution in [3.05, 3.63) is 64.7 Å². The first-order chi connectivity index (χ1) is 11.4. The van der Waals surface area contributed by atoms with E-state index in [1.807, 2.05) is 26.0 Å². The lowest BCUT2D eigenvalue weighted by atomic mass is 9.96. The number of rotatable bonds is 5. The number of aryl methyl sites for hydroxylation is 1. The molecule has 1 atom stereocenters. The molecule has 0 fully saturated rings. The molecule has 0 radical (unpaired) electrons. The van der Waals surface area contributed by atoms with Gasteiger partial charge >= 0.3 is 5.97 Å². The quantitative estimate of drug-likeness (QED) is 0.613. The van der Waals surface area contributed by atoms with Crippen molar-refractivity contribution in [1.29, 1.82) is 0 Å². The Hall–Kier alpha value is -2.18. The lowest BCUT2D eigenvalue weighted by molar-refractivity contribution is 0.0455. The summed E-state index contributed by atoms with van der Waals surface area (Å²) in [5, 5.41) is 0. The fourth-order valence-corrected chi connectivity index (χ4v) is 3.72. The average Bonchev–Trinajstić information content (AvgIpc) is 2.90. The third kappa shape index (κ3) is 2.95. The molecule has 24 heavy (non-hydrogen) atoms. The minimum atomic E-state index is -3.82. The van der Waals surface area contributed by atoms with Gasteiger partial charge < -0.3 is 4.74 Å². The molecule has 2 aromatic carbocycles. The first kappa shape index (κ1) is 16.7. The van der Waals surface area contributed by atoms with Gasteiger partial charge in [-0.3, -0.25) is 4.18 Å². The van der Waals surface area contributed by atoms with Crippen LogP contribution in [0.2, 0.25) is 0 Å². The van der Waals surface area contributed by atoms with Crippen molar-refractivity contribution < 1.29 is 22.1 Å². The van der Waals surface area contributed by atoms with Crippen molar-refractivity contribution >= 4 is 16.1 Å². The van der Waals surface area contributed by atoms with Crippen molar-refractivity contribution in [2.75, 3.05) is 6.61 Å². The second-order valence-electron chi connectivity index (χ2n) is 5.67. The number of benzene rings is 2. The Kier molecular flexibility index (Phi) is 4.43. The summed E-state index contributed by atoms with van der Waals surface area (Å²) in [5.41, 5.74) is 2.75. The van der Waals surface area contributed by atoms with E-state index in [0.717, 1.165) is 11.1 Å². The van der Waals surface area contributed by atoms with Crippen LogP contribution >= 0.6 is 0 Å². The van der Waals surface area contributed by atoms with Gasteiger partial charge in [-0.25, -0.2) is 4.79 Å². The summed E-state index contributed by atoms with van der Waals surface area (Å²) < 4.78 is 34.9. The molecular weight excluding hydrogens is 328 g/mol. The summed E-state index contributed by atoms with van der Waals surface area (Å²) in [7, 11) is -3.82. The second kappa shape index (κ2) is 6.37. The molecule has 0 spiro atoms. The van der Waals surface area contributed by atoms with Gasteiger partial charge in [0, 0.05) is 11.1 Å². The van der Waals surface area contributed by atoms with Crippen LogP contribution in [-0.2, 0) is 19.0 Å². The number of carbonyl (C=O) groups is 1. The third-order valence-electron chi connectivity index (χ3n) is 3.95. The van der Waals surface area contributed by atoms with Gasteiger partial charge in [-0.15, -0.1) is 0 Å². The number of esters is 1. The topological polar surface area (TPSA) is 69.7 Å². The summed E-state index contributed by atoms with van der Waals surface area (Å²) in [6, 6.07) is 11.9. The van der Waals surface area contributed by atoms with E-state index in [1.165, 1.54) is 12.1 Å². The van der Waals surface area contributed by atoms with Crippen LogP contribution in [0.4, 0.5) is 0 Å². The molecule has 0 amide bonds. The van der Waals surface area contributed by atoms with Gasteiger partial charge in [-0.2, -0.15) is 8.42 Å². The maximum Gasteiger partial charge on any atom is 0.339 e. The molecule has 0 bridgehead atoms. The van der Waals surface area contributed by atoms with E-state index in [4.69, 9.17) is 8.92 Å². The van der Waals surface area contributed by atoms with Crippen LogP contribution in [0.3, 0.4) is 0 Å². The van der Waals surface area contributed by atoms with Crippen LogP contribution in [0.1, 0.15) is 46.5 Å². The number of fused-ring (bicyclic) bond motifs is 1. The number of hydrogen-bond acceptors (Lipinski definition) is 5. The molecule has 6 heteroatoms. The molecule has 0 saturated carbocycles. The molecule has 5 nitrogen and oxygen atoms in total. The summed E-state index contributed by atoms with van der Waals surface area (Å²) in [6.45, 7) is 3.82. The largest absolute Gasteiger partial charge is 0.449 e. The molecule has 1 aliphatic heterocycles. The van der Waals surface area contributed by atoms with Gasteiger partial charge in [0.15, 0.2) is 6.10 Å². The Balaban J connectivity index is 2.04. The molecule has 1 heterocycles. The Bertz CT molecular complexity index is 886. The minimum Gasteiger partial charge on any atom is -0.449 e. The highest BCUT2D eigenvalue weighted by atomic mass is 32.2. The minimum absolute atomic E-state index is 0.0666. The molecule has 0 N–H and O–H groups in total. The standard InChI is InChI=1S/C18H18O5S/c1-3-10-22-24(20,21)13-9-8-12(2)16(11-13)17-14-6-4-5-7-15(14)18(19)23-17/h4-9,11,17H,3,10H2,1-2H3. The van der Waals surface area contributed by atoms with Crippen LogP contribution < -0.4 is 0 Å². The van der Waals surface area contributed by atoms with E-state index in [2.05, 4.69) is 0 Å². The fraction of sp³-hybridized carbons (Fsp3) is 0.278. The highest BCUT2D eigenvalue weighted by Gasteiger charge is 2.33. The van der Waals surface area contributed by atoms with E-state index < -0.39 is 22.2 Å². The molecule has 0 saturated heterocycles. The van der Waals surface area contributed by atoms with E-state index >= 15 is 0 Å². The number of ether oxygens (including phenoxy) is 1. The van der Waals surface area contributed by atoms with Gasteiger partial charge in [-0.05, 0) is 37.1 Å². The molecule has 126 valence electrons. The predicted molar refractivity (Wildman–Crippen MR) is 88.3 cm³/mol. The number of carbonyl (C=O) groups excluding carboxylic acids is 1. The Morgan fingerprint density at radius 2 is 1.88 bits per heavy atom. The lowest BCUT2D eigenvalue weighted by Crippen LogP contribution is -2.10. The van der Waals surface area contributed by atoms with Crippen molar-refractivity contribution in [1.82, 2.24) is 0 Å². The first-order valence-electron chi connectivity index (χ1n) is 7.74. The monoisotopic (exact) mass is 346 g/mol. The number of hydrogen-bond donors (Lipinski definition) is 0. The SMILES string of the molecule is CCCOS(=O)(=O)c1ccc(C)c(C2OC(=O)c3ccccc32)c1. The first-order valence-corrected chi connectivity index (χ1v) is 9.14. The maximum atomic E-state index is 12.2. The van der Waals surface area contributed by atoms with E-state index in [0.29, 0.717) is 17.5 Å². The molecule has 0 aliphatic carbocycles. The third-order valence-corrected chi connectivity index (χ3v) is 5.26. The van der Waals surface area contributed by atoms with Crippen molar-refractivity contribution in [2.45, 2.75) is 31.3 Å².